The second-order valence-electron chi connectivity index (χ2n) is 5.84. The smallest absolute Gasteiger partial charge is 0.406 e. The van der Waals surface area contributed by atoms with E-state index in [0.29, 0.717) is 6.42 Å². The zero-order chi connectivity index (χ0) is 17.3. The highest BCUT2D eigenvalue weighted by Gasteiger charge is 2.31. The molecule has 0 saturated carbocycles. The predicted octanol–water partition coefficient (Wildman–Crippen LogP) is 5.40. The fourth-order valence-electron chi connectivity index (χ4n) is 1.75. The van der Waals surface area contributed by atoms with Crippen molar-refractivity contribution in [3.63, 3.8) is 0 Å². The molecule has 0 heterocycles. The van der Waals surface area contributed by atoms with Gasteiger partial charge in [-0.15, -0.1) is 13.2 Å². The van der Waals surface area contributed by atoms with Crippen molar-refractivity contribution in [1.82, 2.24) is 0 Å². The van der Waals surface area contributed by atoms with Crippen molar-refractivity contribution in [2.75, 3.05) is 0 Å². The Labute approximate surface area is 131 Å². The van der Waals surface area contributed by atoms with Crippen LogP contribution >= 0.6 is 0 Å². The number of halogens is 3. The molecular formula is C17H28F3NO. The van der Waals surface area contributed by atoms with E-state index < -0.39 is 6.36 Å². The maximum atomic E-state index is 12.3. The Bertz CT molecular complexity index is 428. The molecule has 0 aromatic heterocycles. The lowest BCUT2D eigenvalue weighted by Crippen LogP contribution is -2.18. The van der Waals surface area contributed by atoms with Crippen LogP contribution in [0.4, 0.5) is 13.2 Å². The van der Waals surface area contributed by atoms with Crippen LogP contribution in [0.1, 0.15) is 64.5 Å². The second kappa shape index (κ2) is 9.72. The van der Waals surface area contributed by atoms with Crippen LogP contribution in [0.25, 0.3) is 0 Å². The average Bonchev–Trinajstić information content (AvgIpc) is 2.35. The van der Waals surface area contributed by atoms with Gasteiger partial charge >= 0.3 is 6.36 Å². The molecular weight excluding hydrogens is 291 g/mol. The number of hydrogen-bond acceptors (Lipinski definition) is 2. The van der Waals surface area contributed by atoms with E-state index in [-0.39, 0.29) is 17.7 Å². The molecule has 2 N–H and O–H groups in total. The van der Waals surface area contributed by atoms with Gasteiger partial charge in [-0.1, -0.05) is 40.2 Å². The highest BCUT2D eigenvalue weighted by atomic mass is 19.4. The highest BCUT2D eigenvalue weighted by molar-refractivity contribution is 5.36. The minimum Gasteiger partial charge on any atom is -0.406 e. The molecule has 1 rings (SSSR count). The van der Waals surface area contributed by atoms with Crippen molar-refractivity contribution in [3.8, 4) is 5.75 Å². The largest absolute Gasteiger partial charge is 0.573 e. The molecule has 1 aromatic rings. The number of aryl methyl sites for hydroxylation is 1. The minimum absolute atomic E-state index is 0.0229. The monoisotopic (exact) mass is 319 g/mol. The van der Waals surface area contributed by atoms with Crippen LogP contribution in [0.15, 0.2) is 18.2 Å². The summed E-state index contributed by atoms with van der Waals surface area (Å²) in [5.41, 5.74) is 7.32. The van der Waals surface area contributed by atoms with Gasteiger partial charge in [0.2, 0.25) is 0 Å². The lowest BCUT2D eigenvalue weighted by molar-refractivity contribution is -0.274. The zero-order valence-corrected chi connectivity index (χ0v) is 14.1. The number of hydrogen-bond donors (Lipinski definition) is 1. The van der Waals surface area contributed by atoms with Crippen LogP contribution in [0.5, 0.6) is 5.75 Å². The molecule has 0 aliphatic heterocycles. The normalized spacial score (nSPS) is 12.6. The summed E-state index contributed by atoms with van der Waals surface area (Å²) in [6.45, 7) is 9.99. The van der Waals surface area contributed by atoms with Crippen molar-refractivity contribution >= 4 is 0 Å². The van der Waals surface area contributed by atoms with E-state index in [4.69, 9.17) is 5.73 Å². The van der Waals surface area contributed by atoms with Crippen molar-refractivity contribution in [2.24, 2.45) is 5.73 Å². The van der Waals surface area contributed by atoms with Crippen molar-refractivity contribution < 1.29 is 17.9 Å². The van der Waals surface area contributed by atoms with Crippen LogP contribution in [-0.4, -0.2) is 12.4 Å². The van der Waals surface area contributed by atoms with E-state index in [0.717, 1.165) is 17.5 Å². The Morgan fingerprint density at radius 3 is 2.05 bits per heavy atom. The third-order valence-corrected chi connectivity index (χ3v) is 2.78. The van der Waals surface area contributed by atoms with E-state index >= 15 is 0 Å². The molecule has 1 unspecified atom stereocenters. The number of ether oxygens (including phenoxy) is 1. The van der Waals surface area contributed by atoms with Crippen LogP contribution < -0.4 is 10.5 Å². The van der Waals surface area contributed by atoms with Gasteiger partial charge in [-0.2, -0.15) is 0 Å². The van der Waals surface area contributed by atoms with E-state index in [1.165, 1.54) is 18.6 Å². The highest BCUT2D eigenvalue weighted by Crippen LogP contribution is 2.28. The summed E-state index contributed by atoms with van der Waals surface area (Å²) >= 11 is 0. The van der Waals surface area contributed by atoms with E-state index in [1.54, 1.807) is 0 Å². The number of nitrogens with two attached hydrogens (primary N) is 1. The Morgan fingerprint density at radius 2 is 1.64 bits per heavy atom. The maximum Gasteiger partial charge on any atom is 0.573 e. The molecule has 0 radical (unpaired) electrons. The van der Waals surface area contributed by atoms with Gasteiger partial charge in [0.1, 0.15) is 5.75 Å². The van der Waals surface area contributed by atoms with Gasteiger partial charge < -0.3 is 10.5 Å². The van der Waals surface area contributed by atoms with Crippen molar-refractivity contribution in [1.29, 1.82) is 0 Å². The lowest BCUT2D eigenvalue weighted by Gasteiger charge is -2.15. The number of benzene rings is 1. The second-order valence-corrected chi connectivity index (χ2v) is 5.84. The molecule has 0 aliphatic carbocycles. The summed E-state index contributed by atoms with van der Waals surface area (Å²) in [6, 6.07) is 4.81. The minimum atomic E-state index is -4.66. The molecule has 2 nitrogen and oxygen atoms in total. The van der Waals surface area contributed by atoms with Crippen LogP contribution in [0.3, 0.4) is 0 Å². The SMILES string of the molecule is CC(N)CCc1cc(OC(F)(F)F)cc(C(C)C)c1.CCC. The maximum absolute atomic E-state index is 12.3. The molecule has 0 aliphatic rings. The third-order valence-electron chi connectivity index (χ3n) is 2.78. The molecule has 0 amide bonds. The average molecular weight is 319 g/mol. The fraction of sp³-hybridized carbons (Fsp3) is 0.647. The summed E-state index contributed by atoms with van der Waals surface area (Å²) in [6.07, 6.45) is -2.03. The summed E-state index contributed by atoms with van der Waals surface area (Å²) < 4.78 is 40.8. The Kier molecular flexibility index (Phi) is 9.18. The fourth-order valence-corrected chi connectivity index (χ4v) is 1.75. The quantitative estimate of drug-likeness (QED) is 0.788. The van der Waals surface area contributed by atoms with E-state index in [1.807, 2.05) is 26.8 Å². The molecule has 0 bridgehead atoms. The van der Waals surface area contributed by atoms with E-state index in [9.17, 15) is 13.2 Å². The summed E-state index contributed by atoms with van der Waals surface area (Å²) in [4.78, 5) is 0. The van der Waals surface area contributed by atoms with Gasteiger partial charge in [0.25, 0.3) is 0 Å². The third kappa shape index (κ3) is 9.66. The van der Waals surface area contributed by atoms with Crippen LogP contribution in [-0.2, 0) is 6.42 Å². The van der Waals surface area contributed by atoms with Gasteiger partial charge in [0.05, 0.1) is 0 Å². The summed E-state index contributed by atoms with van der Waals surface area (Å²) in [7, 11) is 0. The molecule has 1 aromatic carbocycles. The Hall–Kier alpha value is -1.23. The molecule has 22 heavy (non-hydrogen) atoms. The topological polar surface area (TPSA) is 35.2 Å². The first kappa shape index (κ1) is 20.8. The first-order valence-corrected chi connectivity index (χ1v) is 7.74. The Balaban J connectivity index is 0.00000135. The predicted molar refractivity (Wildman–Crippen MR) is 85.1 cm³/mol. The van der Waals surface area contributed by atoms with Crippen LogP contribution in [0.2, 0.25) is 0 Å². The van der Waals surface area contributed by atoms with Gasteiger partial charge in [-0.3, -0.25) is 0 Å². The first-order valence-electron chi connectivity index (χ1n) is 7.74. The van der Waals surface area contributed by atoms with Crippen molar-refractivity contribution in [3.05, 3.63) is 29.3 Å². The lowest BCUT2D eigenvalue weighted by atomic mass is 9.97. The molecule has 0 spiro atoms. The van der Waals surface area contributed by atoms with Gasteiger partial charge in [0.15, 0.2) is 0 Å². The molecule has 0 saturated heterocycles. The zero-order valence-electron chi connectivity index (χ0n) is 14.1. The standard InChI is InChI=1S/C14H20F3NO.C3H8/c1-9(2)12-6-11(5-4-10(3)18)7-13(8-12)19-14(15,16)17;1-3-2/h6-10H,4-5,18H2,1-3H3;3H2,1-2H3. The van der Waals surface area contributed by atoms with Crippen LogP contribution in [0, 0.1) is 0 Å². The van der Waals surface area contributed by atoms with E-state index in [2.05, 4.69) is 18.6 Å². The van der Waals surface area contributed by atoms with Gasteiger partial charge in [-0.05, 0) is 48.9 Å². The Morgan fingerprint density at radius 1 is 1.09 bits per heavy atom. The van der Waals surface area contributed by atoms with Gasteiger partial charge in [0, 0.05) is 6.04 Å². The molecule has 1 atom stereocenters. The summed E-state index contributed by atoms with van der Waals surface area (Å²) in [5.74, 6) is -0.00999. The van der Waals surface area contributed by atoms with Gasteiger partial charge in [-0.25, -0.2) is 0 Å². The van der Waals surface area contributed by atoms with Crippen molar-refractivity contribution in [2.45, 2.75) is 72.2 Å². The molecule has 0 fully saturated rings. The first-order chi connectivity index (χ1) is 10.1. The summed E-state index contributed by atoms with van der Waals surface area (Å²) in [5, 5.41) is 0. The molecule has 128 valence electrons. The number of alkyl halides is 3. The molecule has 5 heteroatoms. The number of rotatable bonds is 5.